The third kappa shape index (κ3) is 10.9. The van der Waals surface area contributed by atoms with Crippen molar-refractivity contribution in [1.29, 1.82) is 0 Å². The molecule has 14 heteroatoms. The number of hydrogen-bond acceptors (Lipinski definition) is 8. The third-order valence-corrected chi connectivity index (χ3v) is 7.71. The van der Waals surface area contributed by atoms with Gasteiger partial charge in [-0.05, 0) is 46.5 Å². The van der Waals surface area contributed by atoms with E-state index >= 15 is 0 Å². The maximum atomic E-state index is 12.7. The fourth-order valence-corrected chi connectivity index (χ4v) is 5.19. The molecular formula is C36H32N4O10. The number of carboxylic acids is 2. The van der Waals surface area contributed by atoms with E-state index in [1.54, 1.807) is 48.5 Å². The summed E-state index contributed by atoms with van der Waals surface area (Å²) in [5.41, 5.74) is 3.41. The fourth-order valence-electron chi connectivity index (χ4n) is 5.19. The smallest absolute Gasteiger partial charge is 0.303 e. The zero-order chi connectivity index (χ0) is 36.2. The van der Waals surface area contributed by atoms with Crippen LogP contribution in [0.25, 0.3) is 12.2 Å². The molecule has 0 spiro atoms. The number of nitro benzene ring substituents is 2. The van der Waals surface area contributed by atoms with Gasteiger partial charge in [-0.25, -0.2) is 0 Å². The number of nitro groups is 2. The second kappa shape index (κ2) is 16.9. The van der Waals surface area contributed by atoms with Crippen molar-refractivity contribution >= 4 is 58.7 Å². The molecule has 0 aliphatic rings. The van der Waals surface area contributed by atoms with Crippen LogP contribution in [0.5, 0.6) is 0 Å². The van der Waals surface area contributed by atoms with Crippen LogP contribution < -0.4 is 10.6 Å². The molecule has 0 aromatic heterocycles. The maximum Gasteiger partial charge on any atom is 0.303 e. The summed E-state index contributed by atoms with van der Waals surface area (Å²) in [7, 11) is 0. The molecule has 0 radical (unpaired) electrons. The van der Waals surface area contributed by atoms with Crippen molar-refractivity contribution in [3.05, 3.63) is 140 Å². The minimum Gasteiger partial charge on any atom is -0.481 e. The highest BCUT2D eigenvalue weighted by Crippen LogP contribution is 2.28. The molecule has 0 aliphatic carbocycles. The topological polar surface area (TPSA) is 219 Å². The van der Waals surface area contributed by atoms with Crippen LogP contribution in [0, 0.1) is 20.2 Å². The summed E-state index contributed by atoms with van der Waals surface area (Å²) in [5, 5.41) is 46.0. The molecule has 256 valence electrons. The molecular weight excluding hydrogens is 648 g/mol. The minimum atomic E-state index is -1.10. The Morgan fingerprint density at radius 3 is 1.14 bits per heavy atom. The molecule has 4 aromatic carbocycles. The predicted molar refractivity (Wildman–Crippen MR) is 184 cm³/mol. The van der Waals surface area contributed by atoms with Crippen LogP contribution >= 0.6 is 0 Å². The van der Waals surface area contributed by atoms with Crippen LogP contribution in [0.15, 0.2) is 97.1 Å². The Hall–Kier alpha value is -6.70. The third-order valence-electron chi connectivity index (χ3n) is 7.71. The molecule has 14 nitrogen and oxygen atoms in total. The molecule has 50 heavy (non-hydrogen) atoms. The number of rotatable bonds is 16. The van der Waals surface area contributed by atoms with Gasteiger partial charge in [-0.15, -0.1) is 0 Å². The zero-order valence-electron chi connectivity index (χ0n) is 26.4. The van der Waals surface area contributed by atoms with Crippen molar-refractivity contribution in [2.75, 3.05) is 10.6 Å². The fraction of sp³-hybridized carbons (Fsp3) is 0.167. The first-order chi connectivity index (χ1) is 23.9. The number of carboxylic acid groups (broad SMARTS) is 2. The number of aliphatic carboxylic acids is 2. The number of nitrogens with zero attached hydrogens (tertiary/aromatic N) is 2. The van der Waals surface area contributed by atoms with Gasteiger partial charge in [-0.2, -0.15) is 0 Å². The highest BCUT2D eigenvalue weighted by atomic mass is 16.6. The van der Waals surface area contributed by atoms with Crippen LogP contribution in [0.3, 0.4) is 0 Å². The summed E-state index contributed by atoms with van der Waals surface area (Å²) < 4.78 is 0. The highest BCUT2D eigenvalue weighted by molar-refractivity contribution is 5.92. The molecule has 4 N–H and O–H groups in total. The van der Waals surface area contributed by atoms with Gasteiger partial charge in [0.2, 0.25) is 11.8 Å². The van der Waals surface area contributed by atoms with Gasteiger partial charge in [0, 0.05) is 60.3 Å². The quantitative estimate of drug-likeness (QED) is 0.0548. The molecule has 0 saturated heterocycles. The van der Waals surface area contributed by atoms with Gasteiger partial charge >= 0.3 is 11.9 Å². The summed E-state index contributed by atoms with van der Waals surface area (Å²) in [6, 6.07) is 24.8. The number of hydrogen-bond donors (Lipinski definition) is 4. The molecule has 4 rings (SSSR count). The Labute approximate surface area is 285 Å². The summed E-state index contributed by atoms with van der Waals surface area (Å²) in [5.74, 6) is -4.36. The van der Waals surface area contributed by atoms with Gasteiger partial charge in [0.25, 0.3) is 11.4 Å². The van der Waals surface area contributed by atoms with Crippen molar-refractivity contribution < 1.29 is 39.2 Å². The zero-order valence-corrected chi connectivity index (χ0v) is 26.4. The molecule has 4 aromatic rings. The lowest BCUT2D eigenvalue weighted by Crippen LogP contribution is -2.17. The van der Waals surface area contributed by atoms with Crippen LogP contribution in [0.4, 0.5) is 22.7 Å². The Bertz CT molecular complexity index is 1750. The van der Waals surface area contributed by atoms with Gasteiger partial charge in [-0.1, -0.05) is 60.7 Å². The highest BCUT2D eigenvalue weighted by Gasteiger charge is 2.22. The summed E-state index contributed by atoms with van der Waals surface area (Å²) in [6.45, 7) is 0. The van der Waals surface area contributed by atoms with Crippen LogP contribution in [-0.2, 0) is 19.2 Å². The number of benzene rings is 4. The molecule has 0 bridgehead atoms. The molecule has 0 fully saturated rings. The number of carbonyl (C=O) groups is 4. The maximum absolute atomic E-state index is 12.7. The minimum absolute atomic E-state index is 0.133. The predicted octanol–water partition coefficient (Wildman–Crippen LogP) is 6.85. The van der Waals surface area contributed by atoms with Gasteiger partial charge in [0.05, 0.1) is 22.7 Å². The normalized spacial score (nSPS) is 12.1. The van der Waals surface area contributed by atoms with Crippen LogP contribution in [0.2, 0.25) is 0 Å². The Morgan fingerprint density at radius 2 is 0.860 bits per heavy atom. The lowest BCUT2D eigenvalue weighted by atomic mass is 9.92. The molecule has 0 saturated carbocycles. The van der Waals surface area contributed by atoms with Crippen molar-refractivity contribution in [3.63, 3.8) is 0 Å². The second-order valence-electron chi connectivity index (χ2n) is 11.4. The number of non-ortho nitro benzene ring substituents is 2. The van der Waals surface area contributed by atoms with E-state index in [0.717, 1.165) is 11.1 Å². The number of anilines is 2. The van der Waals surface area contributed by atoms with E-state index in [9.17, 15) is 49.6 Å². The van der Waals surface area contributed by atoms with E-state index in [-0.39, 0.29) is 37.1 Å². The molecule has 2 amide bonds. The van der Waals surface area contributed by atoms with E-state index in [1.165, 1.54) is 48.5 Å². The molecule has 0 aliphatic heterocycles. The lowest BCUT2D eigenvalue weighted by molar-refractivity contribution is -0.385. The van der Waals surface area contributed by atoms with E-state index in [0.29, 0.717) is 22.5 Å². The number of nitrogens with one attached hydrogen (secondary N) is 2. The summed E-state index contributed by atoms with van der Waals surface area (Å²) in [6.07, 6.45) is 2.78. The summed E-state index contributed by atoms with van der Waals surface area (Å²) >= 11 is 0. The van der Waals surface area contributed by atoms with Crippen molar-refractivity contribution in [2.45, 2.75) is 37.5 Å². The average Bonchev–Trinajstić information content (AvgIpc) is 3.07. The average molecular weight is 681 g/mol. The monoisotopic (exact) mass is 680 g/mol. The van der Waals surface area contributed by atoms with Crippen LogP contribution in [0.1, 0.15) is 59.8 Å². The van der Waals surface area contributed by atoms with E-state index in [4.69, 9.17) is 0 Å². The van der Waals surface area contributed by atoms with Crippen LogP contribution in [-0.4, -0.2) is 43.8 Å². The van der Waals surface area contributed by atoms with Crippen molar-refractivity contribution in [3.8, 4) is 0 Å². The first-order valence-corrected chi connectivity index (χ1v) is 15.3. The van der Waals surface area contributed by atoms with Gasteiger partial charge in [-0.3, -0.25) is 39.4 Å². The molecule has 0 heterocycles. The largest absolute Gasteiger partial charge is 0.481 e. The second-order valence-corrected chi connectivity index (χ2v) is 11.4. The molecule has 2 atom stereocenters. The number of carbonyl (C=O) groups excluding carboxylic acids is 2. The van der Waals surface area contributed by atoms with E-state index < -0.39 is 45.4 Å². The van der Waals surface area contributed by atoms with E-state index in [2.05, 4.69) is 10.6 Å². The Kier molecular flexibility index (Phi) is 12.2. The Morgan fingerprint density at radius 1 is 0.540 bits per heavy atom. The SMILES string of the molecule is O=C(O)CC(CC(=O)Nc1ccc(/C=C/c2ccc(NC(=O)CC(CC(=O)O)c3ccc([N+](=O)[O-])cc3)cc2)cc1)c1ccc([N+](=O)[O-])cc1. The van der Waals surface area contributed by atoms with Gasteiger partial charge < -0.3 is 20.8 Å². The standard InChI is InChI=1S/C36H32N4O10/c41-33(19-27(21-35(43)44)25-7-15-31(16-8-25)39(47)48)37-29-11-3-23(4-12-29)1-2-24-5-13-30(14-6-24)38-34(42)20-28(22-36(45)46)26-9-17-32(18-10-26)40(49)50/h1-18,27-28H,19-22H2,(H,37,41)(H,38,42)(H,43,44)(H,45,46)/b2-1+. The first-order valence-electron chi connectivity index (χ1n) is 15.3. The van der Waals surface area contributed by atoms with E-state index in [1.807, 2.05) is 12.2 Å². The van der Waals surface area contributed by atoms with Crippen molar-refractivity contribution in [1.82, 2.24) is 0 Å². The van der Waals surface area contributed by atoms with Gasteiger partial charge in [0.1, 0.15) is 0 Å². The van der Waals surface area contributed by atoms with Crippen molar-refractivity contribution in [2.24, 2.45) is 0 Å². The molecule has 2 unspecified atom stereocenters. The van der Waals surface area contributed by atoms with Gasteiger partial charge in [0.15, 0.2) is 0 Å². The lowest BCUT2D eigenvalue weighted by Gasteiger charge is -2.15. The number of amides is 2. The first kappa shape index (κ1) is 36.1. The Balaban J connectivity index is 1.30. The summed E-state index contributed by atoms with van der Waals surface area (Å²) in [4.78, 5) is 69.0.